The van der Waals surface area contributed by atoms with Gasteiger partial charge in [-0.1, -0.05) is 54.1 Å². The van der Waals surface area contributed by atoms with Gasteiger partial charge < -0.3 is 16.0 Å². The van der Waals surface area contributed by atoms with E-state index in [2.05, 4.69) is 10.3 Å². The molecule has 2 amide bonds. The summed E-state index contributed by atoms with van der Waals surface area (Å²) < 4.78 is 0. The highest BCUT2D eigenvalue weighted by atomic mass is 35.5. The first-order chi connectivity index (χ1) is 17.0. The fourth-order valence-electron chi connectivity index (χ4n) is 4.45. The number of benzene rings is 3. The summed E-state index contributed by atoms with van der Waals surface area (Å²) in [5.74, 6) is 0.215. The van der Waals surface area contributed by atoms with Crippen LogP contribution in [0.25, 0.3) is 11.1 Å². The Labute approximate surface area is 216 Å². The molecule has 6 nitrogen and oxygen atoms in total. The molecule has 4 aromatic rings. The van der Waals surface area contributed by atoms with Gasteiger partial charge in [0.2, 0.25) is 5.91 Å². The number of fused-ring (bicyclic) bond motifs is 1. The van der Waals surface area contributed by atoms with E-state index in [0.717, 1.165) is 28.8 Å². The number of hydrogen-bond donors (Lipinski definition) is 2. The van der Waals surface area contributed by atoms with Crippen molar-refractivity contribution in [1.82, 2.24) is 4.98 Å². The van der Waals surface area contributed by atoms with Crippen LogP contribution in [0.1, 0.15) is 27.2 Å². The molecule has 0 atom stereocenters. The van der Waals surface area contributed by atoms with E-state index in [1.807, 2.05) is 73.7 Å². The minimum Gasteiger partial charge on any atom is -0.384 e. The number of halogens is 1. The average Bonchev–Trinajstić information content (AvgIpc) is 3.28. The second kappa shape index (κ2) is 10.6. The van der Waals surface area contributed by atoms with Gasteiger partial charge in [0, 0.05) is 23.5 Å². The molecule has 7 heteroatoms. The summed E-state index contributed by atoms with van der Waals surface area (Å²) >= 11 is 0. The largest absolute Gasteiger partial charge is 0.384 e. The molecule has 5 rings (SSSR count). The van der Waals surface area contributed by atoms with Crippen LogP contribution in [0, 0.1) is 6.92 Å². The maximum Gasteiger partial charge on any atom is 0.256 e. The number of hydrogen-bond acceptors (Lipinski definition) is 4. The van der Waals surface area contributed by atoms with Gasteiger partial charge in [-0.05, 0) is 66.4 Å². The molecule has 0 fully saturated rings. The minimum atomic E-state index is -0.167. The van der Waals surface area contributed by atoms with Gasteiger partial charge in [0.1, 0.15) is 5.82 Å². The van der Waals surface area contributed by atoms with Crippen LogP contribution in [-0.4, -0.2) is 23.3 Å². The molecule has 3 aromatic carbocycles. The van der Waals surface area contributed by atoms with Gasteiger partial charge in [-0.2, -0.15) is 0 Å². The number of amides is 2. The first-order valence-corrected chi connectivity index (χ1v) is 11.6. The number of pyridine rings is 1. The third-order valence-electron chi connectivity index (χ3n) is 6.23. The SMILES string of the molecule is Cc1ccc(-c2ccccc2C(=O)Nc2ccc3c(c2)CCN3C(=O)Cc2cccc(N)n2)cc1.Cl. The van der Waals surface area contributed by atoms with E-state index in [1.165, 1.54) is 5.56 Å². The van der Waals surface area contributed by atoms with Gasteiger partial charge in [0.05, 0.1) is 12.1 Å². The zero-order valence-corrected chi connectivity index (χ0v) is 20.7. The van der Waals surface area contributed by atoms with Crippen LogP contribution >= 0.6 is 12.4 Å². The predicted molar refractivity (Wildman–Crippen MR) is 147 cm³/mol. The van der Waals surface area contributed by atoms with Gasteiger partial charge in [-0.25, -0.2) is 4.98 Å². The monoisotopic (exact) mass is 498 g/mol. The van der Waals surface area contributed by atoms with E-state index in [4.69, 9.17) is 5.73 Å². The number of anilines is 3. The Morgan fingerprint density at radius 2 is 1.75 bits per heavy atom. The molecule has 2 heterocycles. The van der Waals surface area contributed by atoms with Crippen molar-refractivity contribution in [2.75, 3.05) is 22.5 Å². The lowest BCUT2D eigenvalue weighted by Gasteiger charge is -2.18. The van der Waals surface area contributed by atoms with Crippen LogP contribution in [-0.2, 0) is 17.6 Å². The molecule has 36 heavy (non-hydrogen) atoms. The first kappa shape index (κ1) is 24.9. The van der Waals surface area contributed by atoms with Crippen molar-refractivity contribution in [1.29, 1.82) is 0 Å². The van der Waals surface area contributed by atoms with Crippen molar-refractivity contribution >= 4 is 41.4 Å². The van der Waals surface area contributed by atoms with Gasteiger partial charge >= 0.3 is 0 Å². The van der Waals surface area contributed by atoms with Crippen LogP contribution in [0.2, 0.25) is 0 Å². The van der Waals surface area contributed by atoms with Crippen molar-refractivity contribution in [3.63, 3.8) is 0 Å². The van der Waals surface area contributed by atoms with Crippen LogP contribution in [0.3, 0.4) is 0 Å². The highest BCUT2D eigenvalue weighted by molar-refractivity contribution is 6.09. The summed E-state index contributed by atoms with van der Waals surface area (Å²) in [6.07, 6.45) is 0.924. The van der Waals surface area contributed by atoms with E-state index in [0.29, 0.717) is 29.3 Å². The summed E-state index contributed by atoms with van der Waals surface area (Å²) in [6, 6.07) is 26.7. The Morgan fingerprint density at radius 3 is 2.53 bits per heavy atom. The maximum atomic E-state index is 13.2. The molecular weight excluding hydrogens is 472 g/mol. The normalized spacial score (nSPS) is 12.0. The molecule has 0 unspecified atom stereocenters. The van der Waals surface area contributed by atoms with Crippen molar-refractivity contribution in [3.05, 3.63) is 107 Å². The fraction of sp³-hybridized carbons (Fsp3) is 0.138. The Morgan fingerprint density at radius 1 is 0.972 bits per heavy atom. The molecule has 1 aliphatic rings. The minimum absolute atomic E-state index is 0. The van der Waals surface area contributed by atoms with Crippen LogP contribution in [0.4, 0.5) is 17.2 Å². The Bertz CT molecular complexity index is 1420. The second-order valence-electron chi connectivity index (χ2n) is 8.74. The molecule has 1 aliphatic heterocycles. The van der Waals surface area contributed by atoms with E-state index in [1.54, 1.807) is 23.1 Å². The molecule has 3 N–H and O–H groups in total. The number of rotatable bonds is 5. The molecule has 0 bridgehead atoms. The smallest absolute Gasteiger partial charge is 0.256 e. The molecular formula is C29H27ClN4O2. The van der Waals surface area contributed by atoms with E-state index < -0.39 is 0 Å². The van der Waals surface area contributed by atoms with E-state index in [-0.39, 0.29) is 30.6 Å². The van der Waals surface area contributed by atoms with Crippen LogP contribution in [0.5, 0.6) is 0 Å². The number of aromatic nitrogens is 1. The van der Waals surface area contributed by atoms with Gasteiger partial charge in [-0.15, -0.1) is 12.4 Å². The lowest BCUT2D eigenvalue weighted by molar-refractivity contribution is -0.117. The zero-order valence-electron chi connectivity index (χ0n) is 19.9. The number of nitrogens with two attached hydrogens (primary N) is 1. The lowest BCUT2D eigenvalue weighted by atomic mass is 9.98. The van der Waals surface area contributed by atoms with Crippen molar-refractivity contribution < 1.29 is 9.59 Å². The van der Waals surface area contributed by atoms with E-state index >= 15 is 0 Å². The zero-order chi connectivity index (χ0) is 24.4. The number of carbonyl (C=O) groups is 2. The molecule has 0 radical (unpaired) electrons. The maximum absolute atomic E-state index is 13.2. The highest BCUT2D eigenvalue weighted by Crippen LogP contribution is 2.32. The summed E-state index contributed by atoms with van der Waals surface area (Å²) in [6.45, 7) is 2.64. The third-order valence-corrected chi connectivity index (χ3v) is 6.23. The highest BCUT2D eigenvalue weighted by Gasteiger charge is 2.25. The number of nitrogen functional groups attached to an aromatic ring is 1. The number of carbonyl (C=O) groups excluding carboxylic acids is 2. The molecule has 0 saturated heterocycles. The molecule has 182 valence electrons. The molecule has 0 spiro atoms. The number of nitrogens with one attached hydrogen (secondary N) is 1. The Kier molecular flexibility index (Phi) is 7.36. The van der Waals surface area contributed by atoms with Gasteiger partial charge in [0.15, 0.2) is 0 Å². The third kappa shape index (κ3) is 5.24. The van der Waals surface area contributed by atoms with Crippen molar-refractivity contribution in [3.8, 4) is 11.1 Å². The average molecular weight is 499 g/mol. The predicted octanol–water partition coefficient (Wildman–Crippen LogP) is 5.45. The van der Waals surface area contributed by atoms with Crippen molar-refractivity contribution in [2.45, 2.75) is 19.8 Å². The molecule has 0 saturated carbocycles. The van der Waals surface area contributed by atoms with Gasteiger partial charge in [0.25, 0.3) is 5.91 Å². The van der Waals surface area contributed by atoms with Gasteiger partial charge in [-0.3, -0.25) is 9.59 Å². The quantitative estimate of drug-likeness (QED) is 0.383. The Balaban J connectivity index is 0.00000304. The summed E-state index contributed by atoms with van der Waals surface area (Å²) in [5.41, 5.74) is 12.7. The molecule has 1 aromatic heterocycles. The second-order valence-corrected chi connectivity index (χ2v) is 8.74. The first-order valence-electron chi connectivity index (χ1n) is 11.6. The summed E-state index contributed by atoms with van der Waals surface area (Å²) in [4.78, 5) is 32.1. The van der Waals surface area contributed by atoms with Crippen molar-refractivity contribution in [2.24, 2.45) is 0 Å². The number of aryl methyl sites for hydroxylation is 1. The fourth-order valence-corrected chi connectivity index (χ4v) is 4.45. The Hall–Kier alpha value is -4.16. The molecule has 0 aliphatic carbocycles. The van der Waals surface area contributed by atoms with Crippen LogP contribution in [0.15, 0.2) is 84.9 Å². The summed E-state index contributed by atoms with van der Waals surface area (Å²) in [7, 11) is 0. The number of nitrogens with zero attached hydrogens (tertiary/aromatic N) is 2. The standard InChI is InChI=1S/C29H26N4O2.ClH/c1-19-9-11-20(12-10-19)24-6-2-3-7-25(24)29(35)32-23-13-14-26-21(17-23)15-16-33(26)28(34)18-22-5-4-8-27(30)31-22;/h2-14,17H,15-16,18H2,1H3,(H2,30,31)(H,32,35);1H. The topological polar surface area (TPSA) is 88.3 Å². The summed E-state index contributed by atoms with van der Waals surface area (Å²) in [5, 5.41) is 3.03. The van der Waals surface area contributed by atoms with E-state index in [9.17, 15) is 9.59 Å². The van der Waals surface area contributed by atoms with Crippen LogP contribution < -0.4 is 16.0 Å². The lowest BCUT2D eigenvalue weighted by Crippen LogP contribution is -2.30.